The number of halogens is 3. The number of carbonyl (C=O) groups excluding carboxylic acids is 1. The van der Waals surface area contributed by atoms with Gasteiger partial charge in [0.05, 0.1) is 11.5 Å². The number of urea groups is 1. The zero-order valence-corrected chi connectivity index (χ0v) is 19.2. The molecule has 0 aliphatic carbocycles. The number of alkyl halides is 3. The Kier molecular flexibility index (Phi) is 7.39. The number of nitrogens with one attached hydrogen (secondary N) is 1. The lowest BCUT2D eigenvalue weighted by Gasteiger charge is -2.28. The number of hydrogen-bond acceptors (Lipinski definition) is 4. The second-order valence-electron chi connectivity index (χ2n) is 8.80. The first-order valence-electron chi connectivity index (χ1n) is 10.9. The number of carboxylic acids is 2. The summed E-state index contributed by atoms with van der Waals surface area (Å²) in [4.78, 5) is 36.8. The van der Waals surface area contributed by atoms with Crippen molar-refractivity contribution < 1.29 is 37.8 Å². The summed E-state index contributed by atoms with van der Waals surface area (Å²) in [5, 5.41) is 19.8. The van der Waals surface area contributed by atoms with Crippen LogP contribution in [0.3, 0.4) is 0 Å². The molecule has 2 aliphatic rings. The zero-order valence-electron chi connectivity index (χ0n) is 19.2. The number of aliphatic carboxylic acids is 2. The molecule has 0 unspecified atom stereocenters. The molecule has 11 heteroatoms. The zero-order chi connectivity index (χ0) is 26.0. The summed E-state index contributed by atoms with van der Waals surface area (Å²) in [6.07, 6.45) is -5.08. The van der Waals surface area contributed by atoms with Crippen molar-refractivity contribution >= 4 is 23.7 Å². The van der Waals surface area contributed by atoms with Gasteiger partial charge in [-0.05, 0) is 42.7 Å². The first-order chi connectivity index (χ1) is 16.3. The molecule has 2 aliphatic heterocycles. The molecule has 2 saturated heterocycles. The van der Waals surface area contributed by atoms with Crippen LogP contribution < -0.4 is 10.2 Å². The van der Waals surface area contributed by atoms with E-state index in [0.717, 1.165) is 42.0 Å². The van der Waals surface area contributed by atoms with E-state index in [2.05, 4.69) is 5.32 Å². The number of benzene rings is 2. The quantitative estimate of drug-likeness (QED) is 0.601. The van der Waals surface area contributed by atoms with E-state index < -0.39 is 23.5 Å². The Morgan fingerprint density at radius 2 is 1.46 bits per heavy atom. The number of nitrogens with zero attached hydrogens (tertiary/aromatic N) is 2. The van der Waals surface area contributed by atoms with E-state index in [-0.39, 0.29) is 12.1 Å². The van der Waals surface area contributed by atoms with Gasteiger partial charge in [0.15, 0.2) is 0 Å². The highest BCUT2D eigenvalue weighted by Crippen LogP contribution is 2.30. The summed E-state index contributed by atoms with van der Waals surface area (Å²) >= 11 is 0. The summed E-state index contributed by atoms with van der Waals surface area (Å²) in [6, 6.07) is 15.9. The SMILES string of the molecule is CC(C)(C(=O)O)c1ccc(-c2ccc(N3C[C@@H]4CNCCN4C3=O)cc2)cc1.O=C(O)C(F)(F)F. The van der Waals surface area contributed by atoms with Gasteiger partial charge >= 0.3 is 24.1 Å². The molecule has 2 aromatic carbocycles. The monoisotopic (exact) mass is 493 g/mol. The summed E-state index contributed by atoms with van der Waals surface area (Å²) in [7, 11) is 0. The molecule has 3 N–H and O–H groups in total. The van der Waals surface area contributed by atoms with Crippen LogP contribution in [0, 0.1) is 0 Å². The molecule has 2 amide bonds. The number of rotatable bonds is 4. The van der Waals surface area contributed by atoms with Crippen LogP contribution >= 0.6 is 0 Å². The number of anilines is 1. The summed E-state index contributed by atoms with van der Waals surface area (Å²) < 4.78 is 31.7. The van der Waals surface area contributed by atoms with Gasteiger partial charge in [-0.15, -0.1) is 0 Å². The summed E-state index contributed by atoms with van der Waals surface area (Å²) in [6.45, 7) is 6.58. The average Bonchev–Trinajstić information content (AvgIpc) is 3.15. The first-order valence-corrected chi connectivity index (χ1v) is 10.9. The van der Waals surface area contributed by atoms with Gasteiger partial charge in [-0.1, -0.05) is 36.4 Å². The van der Waals surface area contributed by atoms with E-state index in [1.807, 2.05) is 58.3 Å². The highest BCUT2D eigenvalue weighted by atomic mass is 19.4. The van der Waals surface area contributed by atoms with Crippen LogP contribution in [0.25, 0.3) is 11.1 Å². The van der Waals surface area contributed by atoms with E-state index in [1.165, 1.54) is 0 Å². The molecule has 2 aromatic rings. The van der Waals surface area contributed by atoms with Crippen molar-refractivity contribution in [2.75, 3.05) is 31.1 Å². The molecule has 0 bridgehead atoms. The Morgan fingerprint density at radius 3 is 1.91 bits per heavy atom. The highest BCUT2D eigenvalue weighted by molar-refractivity contribution is 5.95. The van der Waals surface area contributed by atoms with Crippen LogP contribution in [-0.4, -0.2) is 71.5 Å². The fraction of sp³-hybridized carbons (Fsp3) is 0.375. The lowest BCUT2D eigenvalue weighted by molar-refractivity contribution is -0.192. The van der Waals surface area contributed by atoms with Gasteiger partial charge in [0.25, 0.3) is 0 Å². The van der Waals surface area contributed by atoms with Crippen LogP contribution in [0.2, 0.25) is 0 Å². The fourth-order valence-corrected chi connectivity index (χ4v) is 3.87. The highest BCUT2D eigenvalue weighted by Gasteiger charge is 2.39. The predicted octanol–water partition coefficient (Wildman–Crippen LogP) is 3.56. The van der Waals surface area contributed by atoms with Crippen molar-refractivity contribution in [3.63, 3.8) is 0 Å². The van der Waals surface area contributed by atoms with Crippen LogP contribution in [0.4, 0.5) is 23.7 Å². The molecule has 0 aromatic heterocycles. The Morgan fingerprint density at radius 1 is 0.943 bits per heavy atom. The minimum atomic E-state index is -5.08. The third kappa shape index (κ3) is 5.73. The standard InChI is InChI=1S/C22H25N3O3.C2HF3O2/c1-22(2,20(26)27)17-7-3-15(4-8-17)16-5-9-18(10-6-16)25-14-19-13-23-11-12-24(19)21(25)28;3-2(4,5)1(6)7/h3-10,19,23H,11-14H2,1-2H3,(H,26,27);(H,6,7)/t19-;/m0./s1. The molecule has 0 saturated carbocycles. The third-order valence-electron chi connectivity index (χ3n) is 6.12. The molecule has 0 spiro atoms. The molecule has 8 nitrogen and oxygen atoms in total. The fourth-order valence-electron chi connectivity index (χ4n) is 3.87. The van der Waals surface area contributed by atoms with E-state index in [4.69, 9.17) is 9.90 Å². The predicted molar refractivity (Wildman–Crippen MR) is 122 cm³/mol. The minimum Gasteiger partial charge on any atom is -0.481 e. The first kappa shape index (κ1) is 26.0. The van der Waals surface area contributed by atoms with Gasteiger partial charge in [0.2, 0.25) is 0 Å². The second-order valence-corrected chi connectivity index (χ2v) is 8.80. The molecular weight excluding hydrogens is 467 g/mol. The molecule has 1 atom stereocenters. The number of carboxylic acid groups (broad SMARTS) is 2. The van der Waals surface area contributed by atoms with Crippen LogP contribution in [0.15, 0.2) is 48.5 Å². The smallest absolute Gasteiger partial charge is 0.481 e. The topological polar surface area (TPSA) is 110 Å². The van der Waals surface area contributed by atoms with Gasteiger partial charge in [0.1, 0.15) is 0 Å². The molecule has 188 valence electrons. The maximum atomic E-state index is 12.7. The average molecular weight is 493 g/mol. The van der Waals surface area contributed by atoms with Crippen molar-refractivity contribution in [1.82, 2.24) is 10.2 Å². The normalized spacial score (nSPS) is 18.0. The van der Waals surface area contributed by atoms with Gasteiger partial charge in [0, 0.05) is 31.9 Å². The van der Waals surface area contributed by atoms with Gasteiger partial charge in [-0.25, -0.2) is 9.59 Å². The van der Waals surface area contributed by atoms with Gasteiger partial charge < -0.3 is 20.4 Å². The van der Waals surface area contributed by atoms with E-state index in [0.29, 0.717) is 6.54 Å². The number of carbonyl (C=O) groups is 3. The third-order valence-corrected chi connectivity index (χ3v) is 6.12. The number of piperazine rings is 1. The molecule has 0 radical (unpaired) electrons. The maximum Gasteiger partial charge on any atom is 0.490 e. The molecule has 2 heterocycles. The molecule has 35 heavy (non-hydrogen) atoms. The minimum absolute atomic E-state index is 0.0829. The summed E-state index contributed by atoms with van der Waals surface area (Å²) in [5.74, 6) is -3.60. The Bertz CT molecular complexity index is 1090. The van der Waals surface area contributed by atoms with Crippen molar-refractivity contribution in [1.29, 1.82) is 0 Å². The van der Waals surface area contributed by atoms with E-state index in [9.17, 15) is 27.9 Å². The molecule has 4 rings (SSSR count). The lowest BCUT2D eigenvalue weighted by Crippen LogP contribution is -2.49. The van der Waals surface area contributed by atoms with Crippen molar-refractivity contribution in [3.05, 3.63) is 54.1 Å². The lowest BCUT2D eigenvalue weighted by atomic mass is 9.84. The number of fused-ring (bicyclic) bond motifs is 1. The molecule has 2 fully saturated rings. The van der Waals surface area contributed by atoms with Crippen molar-refractivity contribution in [2.45, 2.75) is 31.5 Å². The van der Waals surface area contributed by atoms with Crippen LogP contribution in [0.1, 0.15) is 19.4 Å². The molecular formula is C24H26F3N3O5. The van der Waals surface area contributed by atoms with Crippen molar-refractivity contribution in [2.24, 2.45) is 0 Å². The van der Waals surface area contributed by atoms with E-state index >= 15 is 0 Å². The number of amides is 2. The second kappa shape index (κ2) is 9.95. The van der Waals surface area contributed by atoms with Crippen molar-refractivity contribution in [3.8, 4) is 11.1 Å². The largest absolute Gasteiger partial charge is 0.490 e. The summed E-state index contributed by atoms with van der Waals surface area (Å²) in [5.41, 5.74) is 2.82. The van der Waals surface area contributed by atoms with Gasteiger partial charge in [-0.3, -0.25) is 9.69 Å². The van der Waals surface area contributed by atoms with E-state index in [1.54, 1.807) is 13.8 Å². The van der Waals surface area contributed by atoms with Crippen LogP contribution in [0.5, 0.6) is 0 Å². The Labute approximate surface area is 200 Å². The Hall–Kier alpha value is -3.60. The van der Waals surface area contributed by atoms with Gasteiger partial charge in [-0.2, -0.15) is 13.2 Å². The number of hydrogen-bond donors (Lipinski definition) is 3. The Balaban J connectivity index is 0.000000429. The maximum absolute atomic E-state index is 12.7. The van der Waals surface area contributed by atoms with Crippen LogP contribution in [-0.2, 0) is 15.0 Å².